The van der Waals surface area contributed by atoms with Crippen molar-refractivity contribution in [1.82, 2.24) is 9.13 Å². The van der Waals surface area contributed by atoms with E-state index in [1.165, 1.54) is 12.8 Å². The second-order valence-electron chi connectivity index (χ2n) is 9.24. The standard InChI is InChI=1S/C15H24N4.C4H8O.F6P.Li/c1-14(2,3)18-9-7-16(12-18)11-17-8-10-19(13-17)15(4,5)6;1-2-4-5-3-1;1-7(2,3,4,5)6;/h7-10H,11H2,1-6H3;1-4H2;;/q;;-1;+1. The molecule has 0 aromatic carbocycles. The van der Waals surface area contributed by atoms with Crippen LogP contribution >= 0.6 is 7.81 Å². The van der Waals surface area contributed by atoms with Crippen LogP contribution in [0.5, 0.6) is 0 Å². The first-order valence-corrected chi connectivity index (χ1v) is 11.8. The van der Waals surface area contributed by atoms with Crippen LogP contribution in [0.15, 0.2) is 24.8 Å². The molecule has 0 bridgehead atoms. The Bertz CT molecular complexity index is 765. The van der Waals surface area contributed by atoms with E-state index >= 15 is 0 Å². The van der Waals surface area contributed by atoms with E-state index in [0.717, 1.165) is 19.9 Å². The minimum Gasteiger partial charge on any atom is 1.00 e. The molecule has 0 spiro atoms. The van der Waals surface area contributed by atoms with Crippen LogP contribution in [0.4, 0.5) is 25.2 Å². The molecular formula is C19H32F6LiN4OP. The van der Waals surface area contributed by atoms with E-state index in [0.29, 0.717) is 0 Å². The van der Waals surface area contributed by atoms with Gasteiger partial charge in [0.05, 0.1) is 11.1 Å². The maximum atomic E-state index is 9.87. The molecule has 0 N–H and O–H groups in total. The molecule has 3 rings (SSSR count). The zero-order chi connectivity index (χ0) is 24.2. The van der Waals surface area contributed by atoms with Crippen molar-refractivity contribution in [2.75, 3.05) is 13.2 Å². The third kappa shape index (κ3) is 15.7. The molecule has 1 aliphatic heterocycles. The zero-order valence-corrected chi connectivity index (χ0v) is 20.7. The smallest absolute Gasteiger partial charge is 1.00 e. The summed E-state index contributed by atoms with van der Waals surface area (Å²) < 4.78 is 72.4. The van der Waals surface area contributed by atoms with Crippen molar-refractivity contribution >= 4 is 7.81 Å². The Morgan fingerprint density at radius 3 is 1.28 bits per heavy atom. The number of hydrogen-bond donors (Lipinski definition) is 0. The molecule has 3 heterocycles. The maximum absolute atomic E-state index is 10.7. The Labute approximate surface area is 197 Å². The Balaban J connectivity index is 0.000000609. The van der Waals surface area contributed by atoms with Crippen LogP contribution in [0.2, 0.25) is 0 Å². The molecule has 2 aromatic rings. The van der Waals surface area contributed by atoms with E-state index in [4.69, 9.17) is 4.74 Å². The van der Waals surface area contributed by atoms with Gasteiger partial charge in [0, 0.05) is 13.2 Å². The molecule has 2 aromatic heterocycles. The Morgan fingerprint density at radius 1 is 0.781 bits per heavy atom. The average Bonchev–Trinajstić information content (AvgIpc) is 3.27. The van der Waals surface area contributed by atoms with Gasteiger partial charge < -0.3 is 23.0 Å². The van der Waals surface area contributed by atoms with Crippen LogP contribution < -0.4 is 28.0 Å². The molecule has 0 unspecified atom stereocenters. The number of halogens is 6. The summed E-state index contributed by atoms with van der Waals surface area (Å²) in [5.74, 6) is 0. The van der Waals surface area contributed by atoms with E-state index in [2.05, 4.69) is 75.7 Å². The summed E-state index contributed by atoms with van der Waals surface area (Å²) in [5.41, 5.74) is 0.133. The first-order valence-electron chi connectivity index (χ1n) is 9.77. The normalized spacial score (nSPS) is 16.5. The Hall–Kier alpha value is -1.01. The number of imidazole rings is 2. The van der Waals surface area contributed by atoms with Crippen LogP contribution in [0.3, 0.4) is 0 Å². The van der Waals surface area contributed by atoms with Crippen molar-refractivity contribution in [3.63, 3.8) is 0 Å². The SMILES string of the molecule is C1CCOC1.CC(C)(C)[n+]1[c-]n(Cn2[c-][n+](C(C)(C)C)cc2)cc1.F[P-](F)(F)(F)(F)F.[Li+]. The fourth-order valence-corrected chi connectivity index (χ4v) is 2.28. The van der Waals surface area contributed by atoms with Gasteiger partial charge in [-0.05, 0) is 79.2 Å². The van der Waals surface area contributed by atoms with Gasteiger partial charge in [0.1, 0.15) is 0 Å². The second-order valence-corrected chi connectivity index (χ2v) is 11.2. The molecule has 32 heavy (non-hydrogen) atoms. The summed E-state index contributed by atoms with van der Waals surface area (Å²) in [6.45, 7) is 15.7. The van der Waals surface area contributed by atoms with Gasteiger partial charge in [-0.3, -0.25) is 0 Å². The predicted octanol–water partition coefficient (Wildman–Crippen LogP) is 2.66. The fraction of sp³-hybridized carbons (Fsp3) is 0.684. The van der Waals surface area contributed by atoms with Crippen molar-refractivity contribution in [1.29, 1.82) is 0 Å². The molecule has 0 saturated carbocycles. The fourth-order valence-electron chi connectivity index (χ4n) is 2.28. The molecule has 0 radical (unpaired) electrons. The van der Waals surface area contributed by atoms with Gasteiger partial charge in [-0.2, -0.15) is 0 Å². The van der Waals surface area contributed by atoms with Gasteiger partial charge in [0.2, 0.25) is 12.7 Å². The third-order valence-corrected chi connectivity index (χ3v) is 3.84. The van der Waals surface area contributed by atoms with Crippen molar-refractivity contribution < 1.29 is 57.9 Å². The molecular weight excluding hydrogens is 452 g/mol. The topological polar surface area (TPSA) is 26.8 Å². The van der Waals surface area contributed by atoms with Crippen LogP contribution in [0.1, 0.15) is 54.4 Å². The first-order chi connectivity index (χ1) is 13.6. The second kappa shape index (κ2) is 10.1. The number of ether oxygens (including phenoxy) is 1. The third-order valence-electron chi connectivity index (χ3n) is 3.84. The quantitative estimate of drug-likeness (QED) is 0.212. The van der Waals surface area contributed by atoms with Crippen LogP contribution in [-0.4, -0.2) is 22.3 Å². The summed E-state index contributed by atoms with van der Waals surface area (Å²) in [6.07, 6.45) is 17.4. The van der Waals surface area contributed by atoms with E-state index in [-0.39, 0.29) is 29.9 Å². The summed E-state index contributed by atoms with van der Waals surface area (Å²) >= 11 is 0. The zero-order valence-electron chi connectivity index (χ0n) is 19.8. The predicted molar refractivity (Wildman–Crippen MR) is 106 cm³/mol. The molecule has 1 fully saturated rings. The van der Waals surface area contributed by atoms with Crippen molar-refractivity contribution in [3.05, 3.63) is 37.4 Å². The average molecular weight is 484 g/mol. The van der Waals surface area contributed by atoms with Crippen LogP contribution in [-0.2, 0) is 22.5 Å². The van der Waals surface area contributed by atoms with E-state index in [1.54, 1.807) is 0 Å². The first kappa shape index (κ1) is 31.0. The maximum Gasteiger partial charge on any atom is 1.00 e. The molecule has 5 nitrogen and oxygen atoms in total. The van der Waals surface area contributed by atoms with Crippen LogP contribution in [0, 0.1) is 12.7 Å². The molecule has 1 aliphatic rings. The number of aromatic nitrogens is 4. The van der Waals surface area contributed by atoms with Gasteiger partial charge in [-0.25, -0.2) is 0 Å². The monoisotopic (exact) mass is 484 g/mol. The molecule has 182 valence electrons. The van der Waals surface area contributed by atoms with Crippen molar-refractivity contribution in [3.8, 4) is 0 Å². The Morgan fingerprint density at radius 2 is 1.09 bits per heavy atom. The number of rotatable bonds is 2. The largest absolute Gasteiger partial charge is 1.00 e. The van der Waals surface area contributed by atoms with Gasteiger partial charge in [0.15, 0.2) is 6.67 Å². The minimum atomic E-state index is -10.7. The van der Waals surface area contributed by atoms with Gasteiger partial charge in [-0.1, -0.05) is 0 Å². The molecule has 1 saturated heterocycles. The molecule has 13 heteroatoms. The summed E-state index contributed by atoms with van der Waals surface area (Å²) in [7, 11) is -10.7. The van der Waals surface area contributed by atoms with Crippen LogP contribution in [0.25, 0.3) is 0 Å². The summed E-state index contributed by atoms with van der Waals surface area (Å²) in [5, 5.41) is 0. The number of hydrogen-bond acceptors (Lipinski definition) is 1. The summed E-state index contributed by atoms with van der Waals surface area (Å²) in [4.78, 5) is 0. The van der Waals surface area contributed by atoms with E-state index in [1.807, 2.05) is 21.5 Å². The molecule has 0 amide bonds. The molecule has 0 aliphatic carbocycles. The summed E-state index contributed by atoms with van der Waals surface area (Å²) in [6, 6.07) is 0. The minimum absolute atomic E-state index is 0. The Kier molecular flexibility index (Phi) is 9.76. The molecule has 0 atom stereocenters. The van der Waals surface area contributed by atoms with Gasteiger partial charge in [0.25, 0.3) is 0 Å². The number of nitrogens with zero attached hydrogens (tertiary/aromatic N) is 4. The van der Waals surface area contributed by atoms with Crippen molar-refractivity contribution in [2.24, 2.45) is 0 Å². The van der Waals surface area contributed by atoms with E-state index in [9.17, 15) is 25.2 Å². The van der Waals surface area contributed by atoms with Gasteiger partial charge in [-0.15, -0.1) is 0 Å². The van der Waals surface area contributed by atoms with Gasteiger partial charge >= 0.3 is 51.9 Å². The van der Waals surface area contributed by atoms with E-state index < -0.39 is 7.81 Å². The van der Waals surface area contributed by atoms with Crippen molar-refractivity contribution in [2.45, 2.75) is 72.1 Å².